The van der Waals surface area contributed by atoms with Gasteiger partial charge in [0.15, 0.2) is 0 Å². The van der Waals surface area contributed by atoms with Crippen LogP contribution in [0.15, 0.2) is 28.4 Å². The summed E-state index contributed by atoms with van der Waals surface area (Å²) in [5, 5.41) is 0. The Morgan fingerprint density at radius 2 is 1.88 bits per heavy atom. The minimum absolute atomic E-state index is 0.0783. The molecule has 2 heteroatoms. The van der Waals surface area contributed by atoms with Gasteiger partial charge in [-0.1, -0.05) is 32.4 Å². The van der Waals surface area contributed by atoms with Crippen LogP contribution in [-0.4, -0.2) is 31.8 Å². The van der Waals surface area contributed by atoms with Crippen molar-refractivity contribution in [3.05, 3.63) is 23.4 Å². The van der Waals surface area contributed by atoms with Gasteiger partial charge in [-0.2, -0.15) is 0 Å². The van der Waals surface area contributed by atoms with Gasteiger partial charge >= 0.3 is 0 Å². The molecule has 1 heterocycles. The summed E-state index contributed by atoms with van der Waals surface area (Å²) < 4.78 is 0. The van der Waals surface area contributed by atoms with Gasteiger partial charge in [0.1, 0.15) is 0 Å². The lowest BCUT2D eigenvalue weighted by Crippen LogP contribution is -2.44. The van der Waals surface area contributed by atoms with Crippen LogP contribution in [-0.2, 0) is 0 Å². The summed E-state index contributed by atoms with van der Waals surface area (Å²) in [5.41, 5.74) is 2.58. The average Bonchev–Trinajstić information content (AvgIpc) is 2.11. The summed E-state index contributed by atoms with van der Waals surface area (Å²) in [4.78, 5) is 6.44. The molecule has 0 amide bonds. The number of allylic oxidation sites excluding steroid dienone is 3. The maximum atomic E-state index is 4.11. The van der Waals surface area contributed by atoms with E-state index < -0.39 is 0 Å². The standard InChI is InChI=1S/C14H24N2/c1-11(12-9-16(6)10-12)7-8-13(15-5)14(2,3)4/h7-8,12H,5,9-10H2,1-4,6H3/b11-7+,13-8-. The summed E-state index contributed by atoms with van der Waals surface area (Å²) in [5.74, 6) is 0.729. The Morgan fingerprint density at radius 3 is 2.25 bits per heavy atom. The fourth-order valence-corrected chi connectivity index (χ4v) is 1.87. The molecule has 1 aliphatic heterocycles. The lowest BCUT2D eigenvalue weighted by Gasteiger charge is -2.36. The van der Waals surface area contributed by atoms with Gasteiger partial charge < -0.3 is 4.90 Å². The zero-order valence-corrected chi connectivity index (χ0v) is 11.2. The second-order valence-corrected chi connectivity index (χ2v) is 5.79. The summed E-state index contributed by atoms with van der Waals surface area (Å²) in [6.45, 7) is 14.7. The molecule has 2 nitrogen and oxygen atoms in total. The molecule has 1 fully saturated rings. The van der Waals surface area contributed by atoms with E-state index in [9.17, 15) is 0 Å². The Labute approximate surface area is 99.8 Å². The van der Waals surface area contributed by atoms with E-state index >= 15 is 0 Å². The molecule has 0 saturated carbocycles. The van der Waals surface area contributed by atoms with Crippen LogP contribution in [0.25, 0.3) is 0 Å². The second kappa shape index (κ2) is 4.96. The Hall–Kier alpha value is -0.890. The molecule has 1 rings (SSSR count). The SMILES string of the molecule is C=N/C(=C\C=C(/C)C1CN(C)C1)C(C)(C)C. The largest absolute Gasteiger partial charge is 0.305 e. The van der Waals surface area contributed by atoms with E-state index in [4.69, 9.17) is 0 Å². The van der Waals surface area contributed by atoms with E-state index in [1.54, 1.807) is 0 Å². The first-order valence-electron chi connectivity index (χ1n) is 5.89. The summed E-state index contributed by atoms with van der Waals surface area (Å²) >= 11 is 0. The van der Waals surface area contributed by atoms with Crippen LogP contribution in [0, 0.1) is 11.3 Å². The van der Waals surface area contributed by atoms with Crippen molar-refractivity contribution in [1.29, 1.82) is 0 Å². The topological polar surface area (TPSA) is 15.6 Å². The minimum atomic E-state index is 0.0783. The number of aliphatic imine (C=N–C) groups is 1. The highest BCUT2D eigenvalue weighted by Crippen LogP contribution is 2.27. The highest BCUT2D eigenvalue weighted by molar-refractivity contribution is 5.33. The molecule has 0 aliphatic carbocycles. The monoisotopic (exact) mass is 220 g/mol. The number of rotatable bonds is 3. The Kier molecular flexibility index (Phi) is 4.09. The molecular formula is C14H24N2. The van der Waals surface area contributed by atoms with E-state index in [0.29, 0.717) is 0 Å². The minimum Gasteiger partial charge on any atom is -0.305 e. The van der Waals surface area contributed by atoms with Crippen molar-refractivity contribution in [3.8, 4) is 0 Å². The van der Waals surface area contributed by atoms with E-state index in [-0.39, 0.29) is 5.41 Å². The van der Waals surface area contributed by atoms with Crippen LogP contribution < -0.4 is 0 Å². The van der Waals surface area contributed by atoms with Crippen molar-refractivity contribution in [2.45, 2.75) is 27.7 Å². The molecular weight excluding hydrogens is 196 g/mol. The maximum absolute atomic E-state index is 4.11. The lowest BCUT2D eigenvalue weighted by molar-refractivity contribution is 0.161. The van der Waals surface area contributed by atoms with Gasteiger partial charge in [0, 0.05) is 30.1 Å². The van der Waals surface area contributed by atoms with E-state index in [1.807, 2.05) is 0 Å². The van der Waals surface area contributed by atoms with E-state index in [2.05, 4.69) is 63.5 Å². The molecule has 0 atom stereocenters. The molecule has 0 N–H and O–H groups in total. The summed E-state index contributed by atoms with van der Waals surface area (Å²) in [6.07, 6.45) is 4.31. The lowest BCUT2D eigenvalue weighted by atomic mass is 9.89. The molecule has 0 aromatic carbocycles. The maximum Gasteiger partial charge on any atom is 0.0449 e. The van der Waals surface area contributed by atoms with Gasteiger partial charge in [-0.05, 0) is 26.8 Å². The molecule has 0 unspecified atom stereocenters. The van der Waals surface area contributed by atoms with Gasteiger partial charge in [-0.25, -0.2) is 0 Å². The first-order valence-corrected chi connectivity index (χ1v) is 5.89. The Balaban J connectivity index is 2.68. The smallest absolute Gasteiger partial charge is 0.0449 e. The van der Waals surface area contributed by atoms with Crippen molar-refractivity contribution in [3.63, 3.8) is 0 Å². The molecule has 0 bridgehead atoms. The number of hydrogen-bond acceptors (Lipinski definition) is 2. The summed E-state index contributed by atoms with van der Waals surface area (Å²) in [7, 11) is 2.16. The molecule has 0 aromatic heterocycles. The molecule has 90 valence electrons. The quantitative estimate of drug-likeness (QED) is 0.527. The molecule has 0 spiro atoms. The number of likely N-dealkylation sites (tertiary alicyclic amines) is 1. The van der Waals surface area contributed by atoms with Crippen LogP contribution in [0.2, 0.25) is 0 Å². The third-order valence-electron chi connectivity index (χ3n) is 3.15. The summed E-state index contributed by atoms with van der Waals surface area (Å²) in [6, 6.07) is 0. The highest BCUT2D eigenvalue weighted by Gasteiger charge is 2.24. The molecule has 1 aliphatic rings. The van der Waals surface area contributed by atoms with Gasteiger partial charge in [-0.3, -0.25) is 4.99 Å². The molecule has 1 saturated heterocycles. The predicted octanol–water partition coefficient (Wildman–Crippen LogP) is 3.12. The van der Waals surface area contributed by atoms with Gasteiger partial charge in [0.25, 0.3) is 0 Å². The zero-order valence-electron chi connectivity index (χ0n) is 11.2. The van der Waals surface area contributed by atoms with Crippen LogP contribution >= 0.6 is 0 Å². The van der Waals surface area contributed by atoms with Crippen LogP contribution in [0.3, 0.4) is 0 Å². The highest BCUT2D eigenvalue weighted by atomic mass is 15.2. The fourth-order valence-electron chi connectivity index (χ4n) is 1.87. The average molecular weight is 220 g/mol. The molecule has 16 heavy (non-hydrogen) atoms. The first kappa shape index (κ1) is 13.2. The third kappa shape index (κ3) is 3.31. The first-order chi connectivity index (χ1) is 7.34. The van der Waals surface area contributed by atoms with Gasteiger partial charge in [0.2, 0.25) is 0 Å². The van der Waals surface area contributed by atoms with Gasteiger partial charge in [-0.15, -0.1) is 0 Å². The normalized spacial score (nSPS) is 20.8. The van der Waals surface area contributed by atoms with Crippen molar-refractivity contribution < 1.29 is 0 Å². The van der Waals surface area contributed by atoms with Crippen LogP contribution in [0.1, 0.15) is 27.7 Å². The van der Waals surface area contributed by atoms with Crippen LogP contribution in [0.4, 0.5) is 0 Å². The third-order valence-corrected chi connectivity index (χ3v) is 3.15. The van der Waals surface area contributed by atoms with Crippen molar-refractivity contribution >= 4 is 6.72 Å². The van der Waals surface area contributed by atoms with Crippen molar-refractivity contribution in [1.82, 2.24) is 4.90 Å². The van der Waals surface area contributed by atoms with Crippen molar-refractivity contribution in [2.75, 3.05) is 20.1 Å². The molecule has 0 aromatic rings. The Morgan fingerprint density at radius 1 is 1.31 bits per heavy atom. The number of nitrogens with zero attached hydrogens (tertiary/aromatic N) is 2. The Bertz CT molecular complexity index is 312. The fraction of sp³-hybridized carbons (Fsp3) is 0.643. The van der Waals surface area contributed by atoms with Gasteiger partial charge in [0.05, 0.1) is 0 Å². The van der Waals surface area contributed by atoms with Crippen molar-refractivity contribution in [2.24, 2.45) is 16.3 Å². The second-order valence-electron chi connectivity index (χ2n) is 5.79. The zero-order chi connectivity index (χ0) is 12.3. The molecule has 0 radical (unpaired) electrons. The van der Waals surface area contributed by atoms with E-state index in [0.717, 1.165) is 11.6 Å². The number of hydrogen-bond donors (Lipinski definition) is 0. The van der Waals surface area contributed by atoms with E-state index in [1.165, 1.54) is 18.7 Å². The van der Waals surface area contributed by atoms with Crippen LogP contribution in [0.5, 0.6) is 0 Å². The predicted molar refractivity (Wildman–Crippen MR) is 71.8 cm³/mol.